The number of sulfone groups is 1. The Kier molecular flexibility index (Phi) is 2.39. The molecular formula is C9H8BrFO2S. The summed E-state index contributed by atoms with van der Waals surface area (Å²) in [6.07, 6.45) is 1.30. The minimum Gasteiger partial charge on any atom is -0.223 e. The third kappa shape index (κ3) is 1.70. The van der Waals surface area contributed by atoms with Gasteiger partial charge >= 0.3 is 0 Å². The molecule has 0 saturated heterocycles. The summed E-state index contributed by atoms with van der Waals surface area (Å²) in [5.41, 5.74) is 0. The van der Waals surface area contributed by atoms with Gasteiger partial charge in [-0.2, -0.15) is 0 Å². The van der Waals surface area contributed by atoms with Crippen LogP contribution >= 0.6 is 15.9 Å². The van der Waals surface area contributed by atoms with E-state index in [-0.39, 0.29) is 10.1 Å². The topological polar surface area (TPSA) is 34.1 Å². The lowest BCUT2D eigenvalue weighted by Gasteiger charge is -2.03. The van der Waals surface area contributed by atoms with Crippen molar-refractivity contribution in [1.82, 2.24) is 0 Å². The molecule has 2 rings (SSSR count). The van der Waals surface area contributed by atoms with E-state index in [1.807, 2.05) is 0 Å². The van der Waals surface area contributed by atoms with Crippen molar-refractivity contribution >= 4 is 25.8 Å². The first-order valence-corrected chi connectivity index (χ1v) is 6.54. The van der Waals surface area contributed by atoms with E-state index in [9.17, 15) is 12.8 Å². The summed E-state index contributed by atoms with van der Waals surface area (Å²) in [6, 6.07) is 4.03. The fourth-order valence-corrected chi connectivity index (χ4v) is 3.30. The van der Waals surface area contributed by atoms with E-state index >= 15 is 0 Å². The molecule has 0 radical (unpaired) electrons. The van der Waals surface area contributed by atoms with E-state index in [2.05, 4.69) is 15.9 Å². The predicted octanol–water partition coefficient (Wildman–Crippen LogP) is 2.52. The first-order chi connectivity index (χ1) is 6.51. The molecule has 0 aliphatic heterocycles. The van der Waals surface area contributed by atoms with Gasteiger partial charge in [0.1, 0.15) is 10.7 Å². The van der Waals surface area contributed by atoms with Crippen LogP contribution in [0.4, 0.5) is 4.39 Å². The van der Waals surface area contributed by atoms with Crippen LogP contribution in [0.1, 0.15) is 12.8 Å². The van der Waals surface area contributed by atoms with Crippen LogP contribution in [0.25, 0.3) is 0 Å². The van der Waals surface area contributed by atoms with Crippen LogP contribution in [0.15, 0.2) is 27.6 Å². The van der Waals surface area contributed by atoms with Crippen LogP contribution in [0.3, 0.4) is 0 Å². The highest BCUT2D eigenvalue weighted by atomic mass is 79.9. The van der Waals surface area contributed by atoms with E-state index in [0.717, 1.165) is 0 Å². The minimum absolute atomic E-state index is 0.178. The van der Waals surface area contributed by atoms with E-state index in [0.29, 0.717) is 17.3 Å². The highest BCUT2D eigenvalue weighted by Gasteiger charge is 2.38. The number of hydrogen-bond donors (Lipinski definition) is 0. The molecule has 1 fully saturated rings. The average molecular weight is 279 g/mol. The van der Waals surface area contributed by atoms with Crippen LogP contribution in [-0.2, 0) is 9.84 Å². The van der Waals surface area contributed by atoms with Crippen molar-refractivity contribution in [2.24, 2.45) is 0 Å². The molecule has 1 aromatic rings. The van der Waals surface area contributed by atoms with Crippen molar-refractivity contribution in [3.63, 3.8) is 0 Å². The molecule has 0 spiro atoms. The monoisotopic (exact) mass is 278 g/mol. The Hall–Kier alpha value is -0.420. The second-order valence-electron chi connectivity index (χ2n) is 3.32. The largest absolute Gasteiger partial charge is 0.223 e. The molecule has 0 unspecified atom stereocenters. The van der Waals surface area contributed by atoms with Crippen molar-refractivity contribution in [3.05, 3.63) is 28.5 Å². The summed E-state index contributed by atoms with van der Waals surface area (Å²) in [5, 5.41) is -0.363. The summed E-state index contributed by atoms with van der Waals surface area (Å²) in [5.74, 6) is -0.675. The zero-order valence-corrected chi connectivity index (χ0v) is 9.61. The number of hydrogen-bond acceptors (Lipinski definition) is 2. The average Bonchev–Trinajstić information content (AvgIpc) is 2.84. The Morgan fingerprint density at radius 2 is 2.00 bits per heavy atom. The Morgan fingerprint density at radius 1 is 1.36 bits per heavy atom. The van der Waals surface area contributed by atoms with Gasteiger partial charge < -0.3 is 0 Å². The van der Waals surface area contributed by atoms with Gasteiger partial charge in [0.2, 0.25) is 0 Å². The number of rotatable bonds is 2. The van der Waals surface area contributed by atoms with Crippen LogP contribution < -0.4 is 0 Å². The van der Waals surface area contributed by atoms with Crippen molar-refractivity contribution in [2.45, 2.75) is 23.0 Å². The fourth-order valence-electron chi connectivity index (χ4n) is 1.26. The molecule has 0 N–H and O–H groups in total. The first kappa shape index (κ1) is 10.1. The second kappa shape index (κ2) is 3.31. The molecule has 0 amide bonds. The molecule has 0 heterocycles. The van der Waals surface area contributed by atoms with Crippen LogP contribution in [0.5, 0.6) is 0 Å². The van der Waals surface area contributed by atoms with Gasteiger partial charge in [-0.05, 0) is 31.0 Å². The Labute approximate surface area is 90.2 Å². The van der Waals surface area contributed by atoms with Crippen LogP contribution in [0, 0.1) is 5.82 Å². The maximum Gasteiger partial charge on any atom is 0.184 e. The Balaban J connectivity index is 2.51. The van der Waals surface area contributed by atoms with Gasteiger partial charge in [0, 0.05) is 4.47 Å². The van der Waals surface area contributed by atoms with E-state index in [4.69, 9.17) is 0 Å². The smallest absolute Gasteiger partial charge is 0.184 e. The first-order valence-electron chi connectivity index (χ1n) is 4.21. The lowest BCUT2D eigenvalue weighted by Crippen LogP contribution is -2.09. The molecule has 76 valence electrons. The van der Waals surface area contributed by atoms with E-state index < -0.39 is 15.7 Å². The summed E-state index contributed by atoms with van der Waals surface area (Å²) in [6.45, 7) is 0. The molecule has 2 nitrogen and oxygen atoms in total. The molecule has 14 heavy (non-hydrogen) atoms. The van der Waals surface area contributed by atoms with Gasteiger partial charge in [-0.3, -0.25) is 0 Å². The van der Waals surface area contributed by atoms with Gasteiger partial charge in [0.15, 0.2) is 9.84 Å². The Morgan fingerprint density at radius 3 is 2.50 bits per heavy atom. The maximum atomic E-state index is 13.3. The highest BCUT2D eigenvalue weighted by Crippen LogP contribution is 2.34. The van der Waals surface area contributed by atoms with Gasteiger partial charge in [0.25, 0.3) is 0 Å². The van der Waals surface area contributed by atoms with Crippen molar-refractivity contribution < 1.29 is 12.8 Å². The molecule has 0 bridgehead atoms. The van der Waals surface area contributed by atoms with Crippen LogP contribution in [-0.4, -0.2) is 13.7 Å². The predicted molar refractivity (Wildman–Crippen MR) is 54.3 cm³/mol. The molecule has 1 aliphatic carbocycles. The van der Waals surface area contributed by atoms with Crippen LogP contribution in [0.2, 0.25) is 0 Å². The summed E-state index contributed by atoms with van der Waals surface area (Å²) in [4.78, 5) is -0.178. The third-order valence-corrected chi connectivity index (χ3v) is 4.95. The lowest BCUT2D eigenvalue weighted by atomic mass is 10.3. The van der Waals surface area contributed by atoms with Crippen molar-refractivity contribution in [2.75, 3.05) is 0 Å². The SMILES string of the molecule is O=S(=O)(c1ccc(Br)cc1F)C1CC1. The number of benzene rings is 1. The standard InChI is InChI=1S/C9H8BrFO2S/c10-6-1-4-9(8(11)5-6)14(12,13)7-2-3-7/h1,4-5,7H,2-3H2. The minimum atomic E-state index is -3.41. The normalized spacial score (nSPS) is 17.0. The van der Waals surface area contributed by atoms with Gasteiger partial charge in [-0.15, -0.1) is 0 Å². The lowest BCUT2D eigenvalue weighted by molar-refractivity contribution is 0.565. The van der Waals surface area contributed by atoms with E-state index in [1.165, 1.54) is 12.1 Å². The molecule has 1 aliphatic rings. The highest BCUT2D eigenvalue weighted by molar-refractivity contribution is 9.10. The zero-order valence-electron chi connectivity index (χ0n) is 7.20. The summed E-state index contributed by atoms with van der Waals surface area (Å²) in [7, 11) is -3.41. The molecule has 1 saturated carbocycles. The van der Waals surface area contributed by atoms with Gasteiger partial charge in [-0.25, -0.2) is 12.8 Å². The van der Waals surface area contributed by atoms with Crippen molar-refractivity contribution in [3.8, 4) is 0 Å². The molecule has 0 aromatic heterocycles. The third-order valence-electron chi connectivity index (χ3n) is 2.16. The molecule has 0 atom stereocenters. The summed E-state index contributed by atoms with van der Waals surface area (Å²) < 4.78 is 37.2. The maximum absolute atomic E-state index is 13.3. The van der Waals surface area contributed by atoms with Gasteiger partial charge in [0.05, 0.1) is 5.25 Å². The quantitative estimate of drug-likeness (QED) is 0.833. The number of halogens is 2. The second-order valence-corrected chi connectivity index (χ2v) is 6.43. The Bertz CT molecular complexity index is 466. The summed E-state index contributed by atoms with van der Waals surface area (Å²) >= 11 is 3.08. The zero-order chi connectivity index (χ0) is 10.3. The molecule has 1 aromatic carbocycles. The van der Waals surface area contributed by atoms with Crippen molar-refractivity contribution in [1.29, 1.82) is 0 Å². The van der Waals surface area contributed by atoms with E-state index in [1.54, 1.807) is 6.07 Å². The fraction of sp³-hybridized carbons (Fsp3) is 0.333. The molecular weight excluding hydrogens is 271 g/mol. The van der Waals surface area contributed by atoms with Gasteiger partial charge in [-0.1, -0.05) is 15.9 Å². The molecule has 5 heteroatoms.